The molecule has 6 nitrogen and oxygen atoms in total. The standard InChI is InChI=1S/C22H28N4O2/c1-17-6-8-19(9-7-17)24-21(27)15-18(2)16-22(28)26-13-11-25(12-14-26)20-5-3-4-10-23-20/h3-10,18H,11-16H2,1-2H3,(H,24,27)/t18-/m0/s1. The van der Waals surface area contributed by atoms with Gasteiger partial charge in [0.25, 0.3) is 0 Å². The van der Waals surface area contributed by atoms with Crippen molar-refractivity contribution in [2.75, 3.05) is 36.4 Å². The number of nitrogens with zero attached hydrogens (tertiary/aromatic N) is 3. The molecule has 1 aliphatic heterocycles. The largest absolute Gasteiger partial charge is 0.353 e. The Labute approximate surface area is 166 Å². The fourth-order valence-corrected chi connectivity index (χ4v) is 3.39. The van der Waals surface area contributed by atoms with Crippen LogP contribution in [-0.4, -0.2) is 47.9 Å². The normalized spacial score (nSPS) is 15.2. The van der Waals surface area contributed by atoms with Gasteiger partial charge < -0.3 is 15.1 Å². The van der Waals surface area contributed by atoms with Crippen molar-refractivity contribution in [1.29, 1.82) is 0 Å². The number of amides is 2. The molecule has 1 aromatic heterocycles. The van der Waals surface area contributed by atoms with Crippen molar-refractivity contribution in [3.05, 3.63) is 54.2 Å². The first-order valence-electron chi connectivity index (χ1n) is 9.81. The molecule has 3 rings (SSSR count). The first kappa shape index (κ1) is 19.9. The third kappa shape index (κ3) is 5.55. The van der Waals surface area contributed by atoms with Gasteiger partial charge in [0.15, 0.2) is 0 Å². The van der Waals surface area contributed by atoms with Crippen LogP contribution in [-0.2, 0) is 9.59 Å². The fraction of sp³-hybridized carbons (Fsp3) is 0.409. The van der Waals surface area contributed by atoms with Crippen LogP contribution in [0, 0.1) is 12.8 Å². The number of piperazine rings is 1. The van der Waals surface area contributed by atoms with Crippen molar-refractivity contribution in [3.8, 4) is 0 Å². The molecule has 1 aliphatic rings. The number of carbonyl (C=O) groups excluding carboxylic acids is 2. The summed E-state index contributed by atoms with van der Waals surface area (Å²) in [6.45, 7) is 6.91. The first-order chi connectivity index (χ1) is 13.5. The summed E-state index contributed by atoms with van der Waals surface area (Å²) in [6, 6.07) is 13.6. The number of nitrogens with one attached hydrogen (secondary N) is 1. The summed E-state index contributed by atoms with van der Waals surface area (Å²) in [7, 11) is 0. The fourth-order valence-electron chi connectivity index (χ4n) is 3.39. The van der Waals surface area contributed by atoms with Crippen LogP contribution >= 0.6 is 0 Å². The molecule has 0 spiro atoms. The maximum atomic E-state index is 12.6. The Kier molecular flexibility index (Phi) is 6.63. The Morgan fingerprint density at radius 2 is 1.75 bits per heavy atom. The molecule has 148 valence electrons. The van der Waals surface area contributed by atoms with Gasteiger partial charge in [0.05, 0.1) is 0 Å². The van der Waals surface area contributed by atoms with Gasteiger partial charge in [0.2, 0.25) is 11.8 Å². The van der Waals surface area contributed by atoms with Gasteiger partial charge in [-0.3, -0.25) is 9.59 Å². The monoisotopic (exact) mass is 380 g/mol. The lowest BCUT2D eigenvalue weighted by atomic mass is 10.0. The molecule has 2 aromatic rings. The molecule has 1 saturated heterocycles. The maximum absolute atomic E-state index is 12.6. The van der Waals surface area contributed by atoms with Gasteiger partial charge in [-0.1, -0.05) is 30.7 Å². The summed E-state index contributed by atoms with van der Waals surface area (Å²) in [5, 5.41) is 2.90. The predicted molar refractivity (Wildman–Crippen MR) is 111 cm³/mol. The molecule has 6 heteroatoms. The van der Waals surface area contributed by atoms with Crippen molar-refractivity contribution < 1.29 is 9.59 Å². The molecule has 0 saturated carbocycles. The molecular weight excluding hydrogens is 352 g/mol. The van der Waals surface area contributed by atoms with E-state index in [0.29, 0.717) is 25.9 Å². The zero-order valence-electron chi connectivity index (χ0n) is 16.6. The molecule has 28 heavy (non-hydrogen) atoms. The third-order valence-corrected chi connectivity index (χ3v) is 5.00. The van der Waals surface area contributed by atoms with E-state index in [1.165, 1.54) is 0 Å². The predicted octanol–water partition coefficient (Wildman–Crippen LogP) is 3.09. The van der Waals surface area contributed by atoms with Crippen LogP contribution < -0.4 is 10.2 Å². The average Bonchev–Trinajstić information content (AvgIpc) is 2.70. The van der Waals surface area contributed by atoms with E-state index >= 15 is 0 Å². The van der Waals surface area contributed by atoms with Crippen LogP contribution in [0.4, 0.5) is 11.5 Å². The lowest BCUT2D eigenvalue weighted by molar-refractivity contribution is -0.132. The number of aryl methyl sites for hydroxylation is 1. The molecule has 1 aromatic carbocycles. The van der Waals surface area contributed by atoms with E-state index in [-0.39, 0.29) is 17.7 Å². The molecule has 2 amide bonds. The quantitative estimate of drug-likeness (QED) is 0.836. The Morgan fingerprint density at radius 1 is 1.04 bits per heavy atom. The van der Waals surface area contributed by atoms with Crippen molar-refractivity contribution in [3.63, 3.8) is 0 Å². The molecule has 1 fully saturated rings. The lowest BCUT2D eigenvalue weighted by Gasteiger charge is -2.35. The second kappa shape index (κ2) is 9.35. The highest BCUT2D eigenvalue weighted by Crippen LogP contribution is 2.16. The number of anilines is 2. The highest BCUT2D eigenvalue weighted by Gasteiger charge is 2.23. The Hall–Kier alpha value is -2.89. The van der Waals surface area contributed by atoms with Gasteiger partial charge in [-0.05, 0) is 37.1 Å². The van der Waals surface area contributed by atoms with E-state index in [1.807, 2.05) is 61.2 Å². The van der Waals surface area contributed by atoms with Crippen molar-refractivity contribution >= 4 is 23.3 Å². The number of pyridine rings is 1. The first-order valence-corrected chi connectivity index (χ1v) is 9.81. The van der Waals surface area contributed by atoms with Gasteiger partial charge in [0.1, 0.15) is 5.82 Å². The Bertz CT molecular complexity index is 784. The van der Waals surface area contributed by atoms with E-state index < -0.39 is 0 Å². The smallest absolute Gasteiger partial charge is 0.224 e. The number of benzene rings is 1. The zero-order valence-corrected chi connectivity index (χ0v) is 16.6. The molecular formula is C22H28N4O2. The van der Waals surface area contributed by atoms with E-state index in [2.05, 4.69) is 15.2 Å². The summed E-state index contributed by atoms with van der Waals surface area (Å²) in [5.41, 5.74) is 1.94. The Balaban J connectivity index is 1.41. The summed E-state index contributed by atoms with van der Waals surface area (Å²) < 4.78 is 0. The molecule has 0 aliphatic carbocycles. The zero-order chi connectivity index (χ0) is 19.9. The van der Waals surface area contributed by atoms with Crippen LogP contribution in [0.2, 0.25) is 0 Å². The van der Waals surface area contributed by atoms with Crippen LogP contribution in [0.3, 0.4) is 0 Å². The van der Waals surface area contributed by atoms with Gasteiger partial charge >= 0.3 is 0 Å². The molecule has 0 bridgehead atoms. The molecule has 1 N–H and O–H groups in total. The molecule has 0 radical (unpaired) electrons. The number of aromatic nitrogens is 1. The number of hydrogen-bond donors (Lipinski definition) is 1. The van der Waals surface area contributed by atoms with Gasteiger partial charge in [-0.25, -0.2) is 4.98 Å². The lowest BCUT2D eigenvalue weighted by Crippen LogP contribution is -2.49. The van der Waals surface area contributed by atoms with Crippen molar-refractivity contribution in [2.24, 2.45) is 5.92 Å². The van der Waals surface area contributed by atoms with E-state index in [0.717, 1.165) is 30.2 Å². The van der Waals surface area contributed by atoms with Crippen LogP contribution in [0.5, 0.6) is 0 Å². The number of rotatable bonds is 6. The van der Waals surface area contributed by atoms with Crippen LogP contribution in [0.25, 0.3) is 0 Å². The SMILES string of the molecule is Cc1ccc(NC(=O)C[C@H](C)CC(=O)N2CCN(c3ccccn3)CC2)cc1. The topological polar surface area (TPSA) is 65.5 Å². The summed E-state index contributed by atoms with van der Waals surface area (Å²) in [4.78, 5) is 33.3. The van der Waals surface area contributed by atoms with Gasteiger partial charge in [-0.2, -0.15) is 0 Å². The minimum absolute atomic E-state index is 0.00627. The number of hydrogen-bond acceptors (Lipinski definition) is 4. The third-order valence-electron chi connectivity index (χ3n) is 5.00. The summed E-state index contributed by atoms with van der Waals surface area (Å²) >= 11 is 0. The minimum Gasteiger partial charge on any atom is -0.353 e. The molecule has 2 heterocycles. The minimum atomic E-state index is -0.0517. The molecule has 1 atom stereocenters. The summed E-state index contributed by atoms with van der Waals surface area (Å²) in [5.74, 6) is 1.03. The highest BCUT2D eigenvalue weighted by molar-refractivity contribution is 5.91. The van der Waals surface area contributed by atoms with E-state index in [4.69, 9.17) is 0 Å². The van der Waals surface area contributed by atoms with Gasteiger partial charge in [0, 0.05) is 50.9 Å². The summed E-state index contributed by atoms with van der Waals surface area (Å²) in [6.07, 6.45) is 2.52. The van der Waals surface area contributed by atoms with Gasteiger partial charge in [-0.15, -0.1) is 0 Å². The second-order valence-corrected chi connectivity index (χ2v) is 7.48. The Morgan fingerprint density at radius 3 is 2.39 bits per heavy atom. The van der Waals surface area contributed by atoms with Crippen molar-refractivity contribution in [2.45, 2.75) is 26.7 Å². The van der Waals surface area contributed by atoms with E-state index in [1.54, 1.807) is 6.20 Å². The van der Waals surface area contributed by atoms with Crippen LogP contribution in [0.1, 0.15) is 25.3 Å². The van der Waals surface area contributed by atoms with Crippen LogP contribution in [0.15, 0.2) is 48.7 Å². The van der Waals surface area contributed by atoms with Crippen molar-refractivity contribution in [1.82, 2.24) is 9.88 Å². The second-order valence-electron chi connectivity index (χ2n) is 7.48. The average molecular weight is 380 g/mol. The number of carbonyl (C=O) groups is 2. The maximum Gasteiger partial charge on any atom is 0.224 e. The van der Waals surface area contributed by atoms with E-state index in [9.17, 15) is 9.59 Å². The highest BCUT2D eigenvalue weighted by atomic mass is 16.2. The molecule has 0 unspecified atom stereocenters.